The summed E-state index contributed by atoms with van der Waals surface area (Å²) in [6.45, 7) is 5.75. The van der Waals surface area contributed by atoms with E-state index in [1.54, 1.807) is 7.11 Å². The van der Waals surface area contributed by atoms with Gasteiger partial charge in [0.1, 0.15) is 11.6 Å². The molecule has 1 aromatic carbocycles. The van der Waals surface area contributed by atoms with Gasteiger partial charge in [0.15, 0.2) is 0 Å². The van der Waals surface area contributed by atoms with Crippen molar-refractivity contribution < 1.29 is 9.53 Å². The van der Waals surface area contributed by atoms with Gasteiger partial charge in [-0.3, -0.25) is 14.5 Å². The smallest absolute Gasteiger partial charge is 0.255 e. The number of likely N-dealkylation sites (tertiary alicyclic amines) is 1. The predicted octanol–water partition coefficient (Wildman–Crippen LogP) is 2.31. The molecule has 164 valence electrons. The van der Waals surface area contributed by atoms with Crippen LogP contribution >= 0.6 is 0 Å². The molecule has 5 rings (SSSR count). The van der Waals surface area contributed by atoms with Crippen molar-refractivity contribution in [1.29, 1.82) is 0 Å². The third kappa shape index (κ3) is 3.99. The van der Waals surface area contributed by atoms with Crippen LogP contribution in [-0.4, -0.2) is 52.4 Å². The van der Waals surface area contributed by atoms with Crippen molar-refractivity contribution in [1.82, 2.24) is 19.8 Å². The molecule has 3 aliphatic rings. The Morgan fingerprint density at radius 2 is 2.10 bits per heavy atom. The molecule has 2 aliphatic heterocycles. The first-order chi connectivity index (χ1) is 15.0. The Morgan fingerprint density at radius 1 is 1.29 bits per heavy atom. The number of methoxy groups -OCH3 is 1. The van der Waals surface area contributed by atoms with Gasteiger partial charge in [0, 0.05) is 56.5 Å². The number of H-pyrrole nitrogens is 1. The number of carbonyl (C=O) groups excluding carboxylic acids is 1. The molecule has 1 amide bonds. The fourth-order valence-electron chi connectivity index (χ4n) is 4.99. The first-order valence-electron chi connectivity index (χ1n) is 11.3. The average Bonchev–Trinajstić information content (AvgIpc) is 3.31. The van der Waals surface area contributed by atoms with E-state index in [1.165, 1.54) is 0 Å². The van der Waals surface area contributed by atoms with E-state index >= 15 is 0 Å². The molecule has 7 heteroatoms. The molecule has 0 bridgehead atoms. The molecule has 1 aliphatic carbocycles. The first-order valence-corrected chi connectivity index (χ1v) is 11.3. The topological polar surface area (TPSA) is 78.5 Å². The monoisotopic (exact) mass is 422 g/mol. The summed E-state index contributed by atoms with van der Waals surface area (Å²) < 4.78 is 5.47. The number of benzene rings is 1. The normalized spacial score (nSPS) is 25.4. The molecule has 0 radical (unpaired) electrons. The number of rotatable bonds is 5. The number of nitrogens with one attached hydrogen (secondary N) is 1. The number of fused-ring (bicyclic) bond motifs is 1. The minimum atomic E-state index is -0.0367. The molecular formula is C24H30N4O3. The number of aromatic amines is 1. The molecule has 0 spiro atoms. The van der Waals surface area contributed by atoms with Gasteiger partial charge in [0.25, 0.3) is 5.56 Å². The van der Waals surface area contributed by atoms with Crippen LogP contribution in [0.5, 0.6) is 5.75 Å². The van der Waals surface area contributed by atoms with Gasteiger partial charge in [-0.15, -0.1) is 0 Å². The van der Waals surface area contributed by atoms with E-state index in [-0.39, 0.29) is 23.3 Å². The van der Waals surface area contributed by atoms with Gasteiger partial charge in [-0.25, -0.2) is 4.98 Å². The highest BCUT2D eigenvalue weighted by Crippen LogP contribution is 2.40. The number of aromatic nitrogens is 2. The van der Waals surface area contributed by atoms with Crippen LogP contribution in [0.25, 0.3) is 0 Å². The Balaban J connectivity index is 1.28. The van der Waals surface area contributed by atoms with E-state index < -0.39 is 0 Å². The van der Waals surface area contributed by atoms with Crippen LogP contribution in [0.2, 0.25) is 0 Å². The summed E-state index contributed by atoms with van der Waals surface area (Å²) in [7, 11) is 1.68. The third-order valence-corrected chi connectivity index (χ3v) is 7.07. The maximum absolute atomic E-state index is 12.9. The Hall–Kier alpha value is -2.67. The Labute approximate surface area is 182 Å². The molecular weight excluding hydrogens is 392 g/mol. The Bertz CT molecular complexity index is 1050. The minimum Gasteiger partial charge on any atom is -0.496 e. The molecule has 7 nitrogen and oxygen atoms in total. The maximum atomic E-state index is 12.9. The summed E-state index contributed by atoms with van der Waals surface area (Å²) in [6, 6.07) is 8.01. The Morgan fingerprint density at radius 3 is 2.87 bits per heavy atom. The van der Waals surface area contributed by atoms with E-state index in [1.807, 2.05) is 23.1 Å². The predicted molar refractivity (Wildman–Crippen MR) is 117 cm³/mol. The van der Waals surface area contributed by atoms with Crippen molar-refractivity contribution >= 4 is 5.91 Å². The lowest BCUT2D eigenvalue weighted by Gasteiger charge is -2.28. The van der Waals surface area contributed by atoms with Crippen molar-refractivity contribution in [2.45, 2.75) is 45.2 Å². The molecule has 3 heterocycles. The number of carbonyl (C=O) groups is 1. The van der Waals surface area contributed by atoms with Crippen LogP contribution in [0.1, 0.15) is 48.3 Å². The molecule has 1 N–H and O–H groups in total. The third-order valence-electron chi connectivity index (χ3n) is 7.07. The average molecular weight is 423 g/mol. The summed E-state index contributed by atoms with van der Waals surface area (Å²) in [4.78, 5) is 37.6. The highest BCUT2D eigenvalue weighted by molar-refractivity contribution is 5.81. The number of para-hydroxylation sites is 1. The van der Waals surface area contributed by atoms with E-state index in [0.29, 0.717) is 19.0 Å². The molecule has 3 atom stereocenters. The molecule has 2 aromatic rings. The highest BCUT2D eigenvalue weighted by atomic mass is 16.5. The lowest BCUT2D eigenvalue weighted by Crippen LogP contribution is -2.36. The zero-order chi connectivity index (χ0) is 21.5. The fourth-order valence-corrected chi connectivity index (χ4v) is 4.99. The summed E-state index contributed by atoms with van der Waals surface area (Å²) in [5.41, 5.74) is 2.76. The lowest BCUT2D eigenvalue weighted by atomic mass is 10.0. The highest BCUT2D eigenvalue weighted by Gasteiger charge is 2.43. The van der Waals surface area contributed by atoms with E-state index in [0.717, 1.165) is 67.3 Å². The summed E-state index contributed by atoms with van der Waals surface area (Å²) >= 11 is 0. The van der Waals surface area contributed by atoms with Crippen LogP contribution < -0.4 is 10.3 Å². The number of amides is 1. The number of hydrogen-bond acceptors (Lipinski definition) is 5. The maximum Gasteiger partial charge on any atom is 0.255 e. The van der Waals surface area contributed by atoms with Gasteiger partial charge >= 0.3 is 0 Å². The largest absolute Gasteiger partial charge is 0.496 e. The van der Waals surface area contributed by atoms with Gasteiger partial charge in [-0.1, -0.05) is 25.1 Å². The summed E-state index contributed by atoms with van der Waals surface area (Å²) in [5, 5.41) is 0. The molecule has 1 saturated heterocycles. The van der Waals surface area contributed by atoms with Crippen LogP contribution in [-0.2, 0) is 24.3 Å². The van der Waals surface area contributed by atoms with Gasteiger partial charge in [-0.2, -0.15) is 0 Å². The van der Waals surface area contributed by atoms with Crippen LogP contribution in [0, 0.1) is 11.8 Å². The van der Waals surface area contributed by atoms with E-state index in [4.69, 9.17) is 9.72 Å². The number of hydrogen-bond donors (Lipinski definition) is 1. The molecule has 2 fully saturated rings. The van der Waals surface area contributed by atoms with Crippen LogP contribution in [0.4, 0.5) is 0 Å². The zero-order valence-corrected chi connectivity index (χ0v) is 18.3. The lowest BCUT2D eigenvalue weighted by molar-refractivity contribution is -0.131. The summed E-state index contributed by atoms with van der Waals surface area (Å²) in [6.07, 6.45) is 2.64. The van der Waals surface area contributed by atoms with Gasteiger partial charge in [0.05, 0.1) is 18.4 Å². The van der Waals surface area contributed by atoms with Gasteiger partial charge in [0.2, 0.25) is 5.91 Å². The number of nitrogens with zero attached hydrogens (tertiary/aromatic N) is 3. The second-order valence-corrected chi connectivity index (χ2v) is 9.24. The van der Waals surface area contributed by atoms with E-state index in [9.17, 15) is 9.59 Å². The first kappa shape index (κ1) is 20.2. The second kappa shape index (κ2) is 8.11. The van der Waals surface area contributed by atoms with E-state index in [2.05, 4.69) is 22.9 Å². The molecule has 1 saturated carbocycles. The zero-order valence-electron chi connectivity index (χ0n) is 18.3. The quantitative estimate of drug-likeness (QED) is 0.800. The van der Waals surface area contributed by atoms with Crippen molar-refractivity contribution in [3.63, 3.8) is 0 Å². The fraction of sp³-hybridized carbons (Fsp3) is 0.542. The van der Waals surface area contributed by atoms with Crippen molar-refractivity contribution in [2.75, 3.05) is 26.7 Å². The second-order valence-electron chi connectivity index (χ2n) is 9.24. The Kier molecular flexibility index (Phi) is 5.30. The van der Waals surface area contributed by atoms with Crippen LogP contribution in [0.3, 0.4) is 0 Å². The van der Waals surface area contributed by atoms with Crippen LogP contribution in [0.15, 0.2) is 29.1 Å². The molecule has 1 aromatic heterocycles. The van der Waals surface area contributed by atoms with Gasteiger partial charge in [-0.05, 0) is 24.8 Å². The minimum absolute atomic E-state index is 0.0367. The standard InChI is InChI=1S/C24H30N4O3/c1-15-11-18(15)24(30)28-10-7-17(13-28)22-25-20-8-9-27(14-19(20)23(29)26-22)12-16-5-3-4-6-21(16)31-2/h3-6,15,17-18H,7-14H2,1-2H3,(H,25,26,29)/t15-,17+,18-/m0/s1. The number of ether oxygens (including phenoxy) is 1. The molecule has 31 heavy (non-hydrogen) atoms. The van der Waals surface area contributed by atoms with Crippen molar-refractivity contribution in [3.8, 4) is 5.75 Å². The summed E-state index contributed by atoms with van der Waals surface area (Å²) in [5.74, 6) is 2.76. The SMILES string of the molecule is COc1ccccc1CN1CCc2nc([C@@H]3CCN(C(=O)[C@H]4C[C@@H]4C)C3)[nH]c(=O)c2C1. The van der Waals surface area contributed by atoms with Gasteiger partial charge < -0.3 is 14.6 Å². The van der Waals surface area contributed by atoms with Crippen molar-refractivity contribution in [2.24, 2.45) is 11.8 Å². The molecule has 0 unspecified atom stereocenters. The van der Waals surface area contributed by atoms with Crippen molar-refractivity contribution in [3.05, 3.63) is 57.3 Å².